The lowest BCUT2D eigenvalue weighted by atomic mass is 9.92. The van der Waals surface area contributed by atoms with Gasteiger partial charge in [-0.2, -0.15) is 0 Å². The molecule has 1 aliphatic rings. The van der Waals surface area contributed by atoms with E-state index in [-0.39, 0.29) is 35.5 Å². The van der Waals surface area contributed by atoms with Gasteiger partial charge < -0.3 is 24.3 Å². The van der Waals surface area contributed by atoms with Crippen molar-refractivity contribution in [2.45, 2.75) is 20.4 Å². The highest BCUT2D eigenvalue weighted by atomic mass is 19.1. The van der Waals surface area contributed by atoms with Gasteiger partial charge in [0, 0.05) is 0 Å². The molecule has 2 N–H and O–H groups in total. The Morgan fingerprint density at radius 3 is 2.47 bits per heavy atom. The number of nitrogens with one attached hydrogen (secondary N) is 1. The predicted octanol–water partition coefficient (Wildman–Crippen LogP) is 5.42. The number of hydrogen-bond acceptors (Lipinski definition) is 5. The van der Waals surface area contributed by atoms with Crippen LogP contribution < -0.4 is 14.8 Å². The van der Waals surface area contributed by atoms with Gasteiger partial charge in [-0.3, -0.25) is 4.79 Å². The third-order valence-electron chi connectivity index (χ3n) is 6.03. The van der Waals surface area contributed by atoms with Crippen LogP contribution in [0.1, 0.15) is 36.3 Å². The highest BCUT2D eigenvalue weighted by Crippen LogP contribution is 2.46. The van der Waals surface area contributed by atoms with Gasteiger partial charge >= 0.3 is 0 Å². The monoisotopic (exact) mass is 463 g/mol. The fourth-order valence-electron chi connectivity index (χ4n) is 4.30. The van der Waals surface area contributed by atoms with Gasteiger partial charge in [0.1, 0.15) is 11.6 Å². The fourth-order valence-corrected chi connectivity index (χ4v) is 4.30. The number of furan rings is 1. The van der Waals surface area contributed by atoms with Crippen LogP contribution in [0, 0.1) is 11.7 Å². The molecule has 0 spiro atoms. The Morgan fingerprint density at radius 2 is 1.85 bits per heavy atom. The van der Waals surface area contributed by atoms with Gasteiger partial charge in [-0.1, -0.05) is 6.07 Å². The second-order valence-corrected chi connectivity index (χ2v) is 8.08. The molecule has 0 fully saturated rings. The molecule has 1 heterocycles. The molecule has 0 bridgehead atoms. The lowest BCUT2D eigenvalue weighted by Crippen LogP contribution is -2.29. The fraction of sp³-hybridized carbons (Fsp3) is 0.222. The van der Waals surface area contributed by atoms with Crippen LogP contribution in [-0.2, 0) is 11.3 Å². The van der Waals surface area contributed by atoms with Gasteiger partial charge in [0.15, 0.2) is 11.5 Å². The van der Waals surface area contributed by atoms with E-state index in [1.165, 1.54) is 26.4 Å². The maximum absolute atomic E-state index is 14.2. The third kappa shape index (κ3) is 4.29. The van der Waals surface area contributed by atoms with Crippen LogP contribution in [0.15, 0.2) is 58.7 Å². The first-order valence-corrected chi connectivity index (χ1v) is 10.8. The minimum absolute atomic E-state index is 0.0872. The van der Waals surface area contributed by atoms with Crippen molar-refractivity contribution in [3.05, 3.63) is 82.6 Å². The summed E-state index contributed by atoms with van der Waals surface area (Å²) in [6.45, 7) is 4.00. The Balaban J connectivity index is 1.75. The number of halogens is 1. The van der Waals surface area contributed by atoms with E-state index in [1.54, 1.807) is 43.5 Å². The van der Waals surface area contributed by atoms with Crippen molar-refractivity contribution in [2.75, 3.05) is 14.2 Å². The van der Waals surface area contributed by atoms with E-state index < -0.39 is 5.92 Å². The maximum Gasteiger partial charge on any atom is 0.227 e. The standard InChI is InChI=1S/C27H26FNO5/c1-15-21(10-17-11-23(32-3)26(30)24(12-17)33-4)20-8-7-18(28)13-22(20)25(15)16(2)27(31)29-14-19-6-5-9-34-19/h5-13,16,30H,14H2,1-4H3,(H,29,31)/b21-10-. The zero-order valence-electron chi connectivity index (χ0n) is 19.4. The summed E-state index contributed by atoms with van der Waals surface area (Å²) in [6.07, 6.45) is 3.47. The average Bonchev–Trinajstić information content (AvgIpc) is 3.44. The molecule has 1 atom stereocenters. The van der Waals surface area contributed by atoms with E-state index in [1.807, 2.05) is 13.0 Å². The number of benzene rings is 2. The number of phenols is 1. The smallest absolute Gasteiger partial charge is 0.227 e. The number of phenolic OH excluding ortho intramolecular Hbond substituents is 1. The molecular weight excluding hydrogens is 437 g/mol. The lowest BCUT2D eigenvalue weighted by Gasteiger charge is -2.15. The Labute approximate surface area is 197 Å². The predicted molar refractivity (Wildman–Crippen MR) is 128 cm³/mol. The normalized spacial score (nSPS) is 14.8. The molecule has 1 amide bonds. The molecule has 3 aromatic rings. The van der Waals surface area contributed by atoms with E-state index in [0.29, 0.717) is 11.3 Å². The van der Waals surface area contributed by atoms with Gasteiger partial charge in [-0.15, -0.1) is 0 Å². The highest BCUT2D eigenvalue weighted by molar-refractivity contribution is 6.09. The van der Waals surface area contributed by atoms with Gasteiger partial charge in [0.2, 0.25) is 11.7 Å². The summed E-state index contributed by atoms with van der Waals surface area (Å²) in [5.41, 5.74) is 4.72. The quantitative estimate of drug-likeness (QED) is 0.489. The summed E-state index contributed by atoms with van der Waals surface area (Å²) < 4.78 is 30.1. The lowest BCUT2D eigenvalue weighted by molar-refractivity contribution is -0.123. The third-order valence-corrected chi connectivity index (χ3v) is 6.03. The minimum atomic E-state index is -0.523. The second kappa shape index (κ2) is 9.47. The number of aromatic hydroxyl groups is 1. The first-order valence-electron chi connectivity index (χ1n) is 10.8. The molecule has 176 valence electrons. The Hall–Kier alpha value is -4.00. The van der Waals surface area contributed by atoms with Gasteiger partial charge in [-0.05, 0) is 89.7 Å². The molecule has 0 aliphatic heterocycles. The SMILES string of the molecule is COc1cc(/C=C2/C(C)=C(C(C)C(=O)NCc3ccco3)c3cc(F)ccc32)cc(OC)c1O. The molecule has 1 aromatic heterocycles. The molecule has 1 unspecified atom stereocenters. The first kappa shape index (κ1) is 23.2. The van der Waals surface area contributed by atoms with Crippen LogP contribution >= 0.6 is 0 Å². The van der Waals surface area contributed by atoms with Crippen molar-refractivity contribution in [3.8, 4) is 17.2 Å². The Bertz CT molecular complexity index is 1270. The Morgan fingerprint density at radius 1 is 1.15 bits per heavy atom. The average molecular weight is 464 g/mol. The number of ether oxygens (including phenoxy) is 2. The first-order chi connectivity index (χ1) is 16.3. The number of methoxy groups -OCH3 is 2. The number of rotatable bonds is 7. The number of carbonyl (C=O) groups excluding carboxylic acids is 1. The Kier molecular flexibility index (Phi) is 6.45. The van der Waals surface area contributed by atoms with Crippen LogP contribution in [-0.4, -0.2) is 25.2 Å². The zero-order chi connectivity index (χ0) is 24.4. The van der Waals surface area contributed by atoms with Crippen LogP contribution in [0.4, 0.5) is 4.39 Å². The second-order valence-electron chi connectivity index (χ2n) is 8.08. The van der Waals surface area contributed by atoms with E-state index in [9.17, 15) is 14.3 Å². The van der Waals surface area contributed by atoms with Crippen LogP contribution in [0.25, 0.3) is 17.2 Å². The van der Waals surface area contributed by atoms with Gasteiger partial charge in [0.05, 0.1) is 32.9 Å². The molecule has 1 aliphatic carbocycles. The van der Waals surface area contributed by atoms with Crippen molar-refractivity contribution in [1.82, 2.24) is 5.32 Å². The van der Waals surface area contributed by atoms with Gasteiger partial charge in [-0.25, -0.2) is 4.39 Å². The molecule has 4 rings (SSSR count). The molecule has 34 heavy (non-hydrogen) atoms. The maximum atomic E-state index is 14.2. The number of carbonyl (C=O) groups is 1. The van der Waals surface area contributed by atoms with Gasteiger partial charge in [0.25, 0.3) is 0 Å². The summed E-state index contributed by atoms with van der Waals surface area (Å²) in [5.74, 6) is 0.0323. The summed E-state index contributed by atoms with van der Waals surface area (Å²) in [7, 11) is 2.93. The number of fused-ring (bicyclic) bond motifs is 1. The molecule has 7 heteroatoms. The van der Waals surface area contributed by atoms with Crippen molar-refractivity contribution in [1.29, 1.82) is 0 Å². The van der Waals surface area contributed by atoms with Crippen LogP contribution in [0.3, 0.4) is 0 Å². The molecular formula is C27H26FNO5. The largest absolute Gasteiger partial charge is 0.502 e. The van der Waals surface area contributed by atoms with E-state index in [0.717, 1.165) is 27.8 Å². The van der Waals surface area contributed by atoms with E-state index in [2.05, 4.69) is 5.32 Å². The van der Waals surface area contributed by atoms with Crippen molar-refractivity contribution in [3.63, 3.8) is 0 Å². The van der Waals surface area contributed by atoms with Crippen LogP contribution in [0.2, 0.25) is 0 Å². The summed E-state index contributed by atoms with van der Waals surface area (Å²) in [5, 5.41) is 13.1. The molecule has 0 radical (unpaired) electrons. The molecule has 6 nitrogen and oxygen atoms in total. The zero-order valence-corrected chi connectivity index (χ0v) is 19.4. The number of allylic oxidation sites excluding steroid dienone is 2. The van der Waals surface area contributed by atoms with E-state index in [4.69, 9.17) is 13.9 Å². The topological polar surface area (TPSA) is 80.9 Å². The summed E-state index contributed by atoms with van der Waals surface area (Å²) >= 11 is 0. The van der Waals surface area contributed by atoms with Crippen molar-refractivity contribution < 1.29 is 28.2 Å². The van der Waals surface area contributed by atoms with Crippen LogP contribution in [0.5, 0.6) is 17.2 Å². The van der Waals surface area contributed by atoms with Crippen molar-refractivity contribution >= 4 is 23.1 Å². The molecule has 2 aromatic carbocycles. The summed E-state index contributed by atoms with van der Waals surface area (Å²) in [6, 6.07) is 11.5. The van der Waals surface area contributed by atoms with E-state index >= 15 is 0 Å². The minimum Gasteiger partial charge on any atom is -0.502 e. The molecule has 0 saturated carbocycles. The molecule has 0 saturated heterocycles. The summed E-state index contributed by atoms with van der Waals surface area (Å²) in [4.78, 5) is 13.0. The number of hydrogen-bond donors (Lipinski definition) is 2. The number of amides is 1. The highest BCUT2D eigenvalue weighted by Gasteiger charge is 2.31. The van der Waals surface area contributed by atoms with Crippen molar-refractivity contribution in [2.24, 2.45) is 5.92 Å².